The van der Waals surface area contributed by atoms with Crippen LogP contribution in [0.2, 0.25) is 0 Å². The maximum Gasteiger partial charge on any atom is 0.342 e. The highest BCUT2D eigenvalue weighted by molar-refractivity contribution is 7.89. The second-order valence-corrected chi connectivity index (χ2v) is 9.03. The Hall–Kier alpha value is -2.95. The molecule has 10 heteroatoms. The molecule has 3 rings (SSSR count). The van der Waals surface area contributed by atoms with Crippen molar-refractivity contribution in [3.8, 4) is 5.75 Å². The largest absolute Gasteiger partial charge is 0.507 e. The summed E-state index contributed by atoms with van der Waals surface area (Å²) < 4.78 is 37.2. The SMILES string of the molecule is Cc1ccc(S(=O)(=O)N2CCOCC2)cc1NC(=O)COC(=O)c1cccc(C)c1O. The van der Waals surface area contributed by atoms with E-state index >= 15 is 0 Å². The number of esters is 1. The van der Waals surface area contributed by atoms with Gasteiger partial charge in [-0.2, -0.15) is 4.31 Å². The lowest BCUT2D eigenvalue weighted by Gasteiger charge is -2.26. The lowest BCUT2D eigenvalue weighted by molar-refractivity contribution is -0.119. The van der Waals surface area contributed by atoms with Crippen molar-refractivity contribution < 1.29 is 32.6 Å². The summed E-state index contributed by atoms with van der Waals surface area (Å²) in [6.07, 6.45) is 0. The minimum atomic E-state index is -3.72. The number of phenols is 1. The summed E-state index contributed by atoms with van der Waals surface area (Å²) >= 11 is 0. The summed E-state index contributed by atoms with van der Waals surface area (Å²) in [6, 6.07) is 9.09. The Balaban J connectivity index is 1.68. The molecule has 1 heterocycles. The Morgan fingerprint density at radius 3 is 2.55 bits per heavy atom. The number of morpholine rings is 1. The van der Waals surface area contributed by atoms with Crippen LogP contribution < -0.4 is 5.32 Å². The molecule has 0 aromatic heterocycles. The lowest BCUT2D eigenvalue weighted by atomic mass is 10.1. The van der Waals surface area contributed by atoms with Gasteiger partial charge >= 0.3 is 5.97 Å². The summed E-state index contributed by atoms with van der Waals surface area (Å²) in [5.74, 6) is -1.67. The molecule has 0 atom stereocenters. The van der Waals surface area contributed by atoms with Crippen molar-refractivity contribution in [2.24, 2.45) is 0 Å². The molecule has 1 aliphatic heterocycles. The van der Waals surface area contributed by atoms with E-state index in [1.54, 1.807) is 32.0 Å². The van der Waals surface area contributed by atoms with Gasteiger partial charge in [0.1, 0.15) is 11.3 Å². The average molecular weight is 448 g/mol. The first-order valence-corrected chi connectivity index (χ1v) is 11.1. The topological polar surface area (TPSA) is 122 Å². The smallest absolute Gasteiger partial charge is 0.342 e. The summed E-state index contributed by atoms with van der Waals surface area (Å²) in [7, 11) is -3.72. The molecule has 0 spiro atoms. The first-order chi connectivity index (χ1) is 14.7. The van der Waals surface area contributed by atoms with Crippen molar-refractivity contribution in [3.63, 3.8) is 0 Å². The van der Waals surface area contributed by atoms with E-state index in [0.29, 0.717) is 30.0 Å². The fourth-order valence-corrected chi connectivity index (χ4v) is 4.49. The van der Waals surface area contributed by atoms with Crippen LogP contribution in [0.5, 0.6) is 5.75 Å². The zero-order valence-corrected chi connectivity index (χ0v) is 18.1. The molecular formula is C21H24N2O7S. The highest BCUT2D eigenvalue weighted by Gasteiger charge is 2.27. The van der Waals surface area contributed by atoms with Gasteiger partial charge in [0.15, 0.2) is 6.61 Å². The summed E-state index contributed by atoms with van der Waals surface area (Å²) in [5.41, 5.74) is 1.42. The monoisotopic (exact) mass is 448 g/mol. The Bertz CT molecular complexity index is 1090. The number of aryl methyl sites for hydroxylation is 2. The molecule has 1 aliphatic rings. The Morgan fingerprint density at radius 2 is 1.84 bits per heavy atom. The van der Waals surface area contributed by atoms with E-state index in [4.69, 9.17) is 9.47 Å². The second-order valence-electron chi connectivity index (χ2n) is 7.09. The molecule has 166 valence electrons. The number of para-hydroxylation sites is 1. The molecular weight excluding hydrogens is 424 g/mol. The molecule has 1 fully saturated rings. The van der Waals surface area contributed by atoms with E-state index < -0.39 is 28.5 Å². The lowest BCUT2D eigenvalue weighted by Crippen LogP contribution is -2.40. The van der Waals surface area contributed by atoms with E-state index in [9.17, 15) is 23.1 Å². The van der Waals surface area contributed by atoms with Crippen LogP contribution in [0.3, 0.4) is 0 Å². The number of carbonyl (C=O) groups excluding carboxylic acids is 2. The number of anilines is 1. The number of sulfonamides is 1. The number of ether oxygens (including phenoxy) is 2. The van der Waals surface area contributed by atoms with Crippen LogP contribution >= 0.6 is 0 Å². The zero-order chi connectivity index (χ0) is 22.6. The fraction of sp³-hybridized carbons (Fsp3) is 0.333. The summed E-state index contributed by atoms with van der Waals surface area (Å²) in [5, 5.41) is 12.5. The minimum Gasteiger partial charge on any atom is -0.507 e. The summed E-state index contributed by atoms with van der Waals surface area (Å²) in [6.45, 7) is 3.95. The number of hydrogen-bond acceptors (Lipinski definition) is 7. The Labute approximate surface area is 180 Å². The van der Waals surface area contributed by atoms with Gasteiger partial charge in [-0.05, 0) is 43.2 Å². The van der Waals surface area contributed by atoms with E-state index in [0.717, 1.165) is 0 Å². The van der Waals surface area contributed by atoms with Crippen LogP contribution in [0.15, 0.2) is 41.3 Å². The van der Waals surface area contributed by atoms with Crippen molar-refractivity contribution in [2.45, 2.75) is 18.7 Å². The van der Waals surface area contributed by atoms with Gasteiger partial charge in [-0.15, -0.1) is 0 Å². The van der Waals surface area contributed by atoms with E-state index in [2.05, 4.69) is 5.32 Å². The maximum absolute atomic E-state index is 12.8. The Morgan fingerprint density at radius 1 is 1.13 bits per heavy atom. The third-order valence-electron chi connectivity index (χ3n) is 4.88. The van der Waals surface area contributed by atoms with Gasteiger partial charge in [-0.25, -0.2) is 13.2 Å². The third kappa shape index (κ3) is 5.22. The van der Waals surface area contributed by atoms with E-state index in [-0.39, 0.29) is 29.3 Å². The van der Waals surface area contributed by atoms with Crippen LogP contribution in [0, 0.1) is 13.8 Å². The van der Waals surface area contributed by atoms with Crippen molar-refractivity contribution in [1.82, 2.24) is 4.31 Å². The molecule has 0 bridgehead atoms. The van der Waals surface area contributed by atoms with Gasteiger partial charge in [-0.3, -0.25) is 4.79 Å². The molecule has 31 heavy (non-hydrogen) atoms. The predicted molar refractivity (Wildman–Crippen MR) is 113 cm³/mol. The van der Waals surface area contributed by atoms with Crippen LogP contribution in [0.4, 0.5) is 5.69 Å². The van der Waals surface area contributed by atoms with Gasteiger partial charge in [0.05, 0.1) is 18.1 Å². The number of amides is 1. The van der Waals surface area contributed by atoms with Gasteiger partial charge in [0.2, 0.25) is 10.0 Å². The fourth-order valence-electron chi connectivity index (χ4n) is 3.05. The molecule has 0 aliphatic carbocycles. The molecule has 0 saturated carbocycles. The average Bonchev–Trinajstić information content (AvgIpc) is 2.76. The minimum absolute atomic E-state index is 0.0393. The standard InChI is InChI=1S/C21H24N2O7S/c1-14-6-7-16(31(27,28)23-8-10-29-11-9-23)12-18(14)22-19(24)13-30-21(26)17-5-3-4-15(2)20(17)25/h3-7,12,25H,8-11,13H2,1-2H3,(H,22,24). The quantitative estimate of drug-likeness (QED) is 0.647. The van der Waals surface area contributed by atoms with Crippen LogP contribution in [0.25, 0.3) is 0 Å². The van der Waals surface area contributed by atoms with Crippen LogP contribution in [-0.2, 0) is 24.3 Å². The number of benzene rings is 2. The Kier molecular flexibility index (Phi) is 6.94. The normalized spacial score (nSPS) is 14.8. The maximum atomic E-state index is 12.8. The number of nitrogens with zero attached hydrogens (tertiary/aromatic N) is 1. The first kappa shape index (κ1) is 22.7. The second kappa shape index (κ2) is 9.46. The molecule has 0 radical (unpaired) electrons. The van der Waals surface area contributed by atoms with Gasteiger partial charge < -0.3 is 19.9 Å². The molecule has 1 saturated heterocycles. The number of carbonyl (C=O) groups is 2. The number of rotatable bonds is 6. The predicted octanol–water partition coefficient (Wildman–Crippen LogP) is 1.83. The van der Waals surface area contributed by atoms with Gasteiger partial charge in [0, 0.05) is 18.8 Å². The molecule has 1 amide bonds. The number of phenolic OH excluding ortho intramolecular Hbond substituents is 1. The van der Waals surface area contributed by atoms with E-state index in [1.165, 1.54) is 22.5 Å². The van der Waals surface area contributed by atoms with Crippen molar-refractivity contribution in [1.29, 1.82) is 0 Å². The van der Waals surface area contributed by atoms with Crippen molar-refractivity contribution in [3.05, 3.63) is 53.1 Å². The van der Waals surface area contributed by atoms with Crippen LogP contribution in [-0.4, -0.2) is 62.6 Å². The van der Waals surface area contributed by atoms with E-state index in [1.807, 2.05) is 0 Å². The van der Waals surface area contributed by atoms with Gasteiger partial charge in [0.25, 0.3) is 5.91 Å². The molecule has 2 aromatic carbocycles. The van der Waals surface area contributed by atoms with Crippen molar-refractivity contribution >= 4 is 27.6 Å². The number of hydrogen-bond donors (Lipinski definition) is 2. The highest BCUT2D eigenvalue weighted by Crippen LogP contribution is 2.24. The molecule has 0 unspecified atom stereocenters. The van der Waals surface area contributed by atoms with Gasteiger partial charge in [-0.1, -0.05) is 18.2 Å². The van der Waals surface area contributed by atoms with Crippen LogP contribution in [0.1, 0.15) is 21.5 Å². The summed E-state index contributed by atoms with van der Waals surface area (Å²) in [4.78, 5) is 24.5. The molecule has 2 N–H and O–H groups in total. The highest BCUT2D eigenvalue weighted by atomic mass is 32.2. The van der Waals surface area contributed by atoms with Crippen molar-refractivity contribution in [2.75, 3.05) is 38.2 Å². The first-order valence-electron chi connectivity index (χ1n) is 9.64. The molecule has 9 nitrogen and oxygen atoms in total. The third-order valence-corrected chi connectivity index (χ3v) is 6.78. The zero-order valence-electron chi connectivity index (χ0n) is 17.3. The number of aromatic hydroxyl groups is 1. The number of nitrogens with one attached hydrogen (secondary N) is 1. The molecule has 2 aromatic rings.